The van der Waals surface area contributed by atoms with Crippen LogP contribution in [0, 0.1) is 6.92 Å². The van der Waals surface area contributed by atoms with Gasteiger partial charge in [-0.3, -0.25) is 4.90 Å². The lowest BCUT2D eigenvalue weighted by Gasteiger charge is -2.27. The minimum atomic E-state index is -3.13. The first kappa shape index (κ1) is 13.5. The average Bonchev–Trinajstić information content (AvgIpc) is 2.31. The summed E-state index contributed by atoms with van der Waals surface area (Å²) in [6.45, 7) is 6.70. The molecule has 1 N–H and O–H groups in total. The maximum absolute atomic E-state index is 11.7. The number of rotatable bonds is 3. The molecule has 0 unspecified atom stereocenters. The van der Waals surface area contributed by atoms with Crippen LogP contribution in [0.15, 0.2) is 23.1 Å². The van der Waals surface area contributed by atoms with Gasteiger partial charge >= 0.3 is 0 Å². The number of piperazine rings is 1. The fraction of sp³-hybridized carbons (Fsp3) is 0.538. The van der Waals surface area contributed by atoms with Gasteiger partial charge in [0.25, 0.3) is 0 Å². The molecule has 1 aliphatic rings. The molecule has 1 fully saturated rings. The van der Waals surface area contributed by atoms with Crippen molar-refractivity contribution in [3.63, 3.8) is 0 Å². The highest BCUT2D eigenvalue weighted by atomic mass is 32.2. The highest BCUT2D eigenvalue weighted by Gasteiger charge is 2.14. The van der Waals surface area contributed by atoms with Gasteiger partial charge in [-0.15, -0.1) is 0 Å². The SMILES string of the molecule is Cc1ccc(CN2CCNCC2)cc1S(C)(=O)=O. The molecule has 2 rings (SSSR count). The lowest BCUT2D eigenvalue weighted by Crippen LogP contribution is -2.42. The van der Waals surface area contributed by atoms with Gasteiger partial charge in [0.1, 0.15) is 0 Å². The summed E-state index contributed by atoms with van der Waals surface area (Å²) < 4.78 is 23.3. The molecule has 0 bridgehead atoms. The zero-order valence-electron chi connectivity index (χ0n) is 10.9. The van der Waals surface area contributed by atoms with Crippen LogP contribution in [0.3, 0.4) is 0 Å². The van der Waals surface area contributed by atoms with Crippen molar-refractivity contribution in [2.24, 2.45) is 0 Å². The molecule has 100 valence electrons. The number of hydrogen-bond donors (Lipinski definition) is 1. The maximum Gasteiger partial charge on any atom is 0.175 e. The molecular weight excluding hydrogens is 248 g/mol. The van der Waals surface area contributed by atoms with Crippen molar-refractivity contribution >= 4 is 9.84 Å². The Kier molecular flexibility index (Phi) is 4.04. The Bertz CT molecular complexity index is 520. The van der Waals surface area contributed by atoms with Crippen molar-refractivity contribution in [2.75, 3.05) is 32.4 Å². The van der Waals surface area contributed by atoms with Gasteiger partial charge in [-0.2, -0.15) is 0 Å². The van der Waals surface area contributed by atoms with E-state index < -0.39 is 9.84 Å². The monoisotopic (exact) mass is 268 g/mol. The van der Waals surface area contributed by atoms with Gasteiger partial charge in [0.05, 0.1) is 4.90 Å². The van der Waals surface area contributed by atoms with Crippen LogP contribution in [-0.2, 0) is 16.4 Å². The molecular formula is C13H20N2O2S. The van der Waals surface area contributed by atoms with E-state index in [1.807, 2.05) is 25.1 Å². The quantitative estimate of drug-likeness (QED) is 0.881. The molecule has 1 aromatic rings. The summed E-state index contributed by atoms with van der Waals surface area (Å²) in [5, 5.41) is 3.31. The van der Waals surface area contributed by atoms with E-state index in [4.69, 9.17) is 0 Å². The first-order valence-corrected chi connectivity index (χ1v) is 8.08. The van der Waals surface area contributed by atoms with Gasteiger partial charge in [0.15, 0.2) is 9.84 Å². The molecule has 0 amide bonds. The summed E-state index contributed by atoms with van der Waals surface area (Å²) in [5.74, 6) is 0. The van der Waals surface area contributed by atoms with Crippen molar-refractivity contribution in [1.82, 2.24) is 10.2 Å². The molecule has 1 aliphatic heterocycles. The molecule has 18 heavy (non-hydrogen) atoms. The van der Waals surface area contributed by atoms with E-state index >= 15 is 0 Å². The second kappa shape index (κ2) is 5.38. The highest BCUT2D eigenvalue weighted by molar-refractivity contribution is 7.90. The van der Waals surface area contributed by atoms with E-state index in [0.29, 0.717) is 4.90 Å². The van der Waals surface area contributed by atoms with Crippen LogP contribution in [0.5, 0.6) is 0 Å². The van der Waals surface area contributed by atoms with Crippen molar-refractivity contribution < 1.29 is 8.42 Å². The van der Waals surface area contributed by atoms with Crippen LogP contribution in [-0.4, -0.2) is 45.8 Å². The predicted octanol–water partition coefficient (Wildman–Crippen LogP) is 0.804. The fourth-order valence-corrected chi connectivity index (χ4v) is 3.29. The summed E-state index contributed by atoms with van der Waals surface area (Å²) >= 11 is 0. The number of hydrogen-bond acceptors (Lipinski definition) is 4. The Morgan fingerprint density at radius 1 is 1.28 bits per heavy atom. The van der Waals surface area contributed by atoms with E-state index in [-0.39, 0.29) is 0 Å². The third kappa shape index (κ3) is 3.31. The van der Waals surface area contributed by atoms with Gasteiger partial charge < -0.3 is 5.32 Å². The Morgan fingerprint density at radius 2 is 1.94 bits per heavy atom. The number of sulfone groups is 1. The van der Waals surface area contributed by atoms with Gasteiger partial charge in [0.2, 0.25) is 0 Å². The third-order valence-electron chi connectivity index (χ3n) is 3.27. The first-order chi connectivity index (χ1) is 8.47. The van der Waals surface area contributed by atoms with Gasteiger partial charge in [-0.25, -0.2) is 8.42 Å². The molecule has 0 aromatic heterocycles. The zero-order chi connectivity index (χ0) is 13.2. The smallest absolute Gasteiger partial charge is 0.175 e. The number of benzene rings is 1. The maximum atomic E-state index is 11.7. The largest absolute Gasteiger partial charge is 0.314 e. The third-order valence-corrected chi connectivity index (χ3v) is 4.51. The van der Waals surface area contributed by atoms with Gasteiger partial charge in [-0.1, -0.05) is 12.1 Å². The van der Waals surface area contributed by atoms with Gasteiger partial charge in [0, 0.05) is 39.0 Å². The summed E-state index contributed by atoms with van der Waals surface area (Å²) in [4.78, 5) is 2.79. The van der Waals surface area contributed by atoms with E-state index in [2.05, 4.69) is 10.2 Å². The van der Waals surface area contributed by atoms with Crippen molar-refractivity contribution in [3.05, 3.63) is 29.3 Å². The molecule has 0 aliphatic carbocycles. The standard InChI is InChI=1S/C13H20N2O2S/c1-11-3-4-12(9-13(11)18(2,16)17)10-15-7-5-14-6-8-15/h3-4,9,14H,5-8,10H2,1-2H3. The normalized spacial score (nSPS) is 17.9. The summed E-state index contributed by atoms with van der Waals surface area (Å²) in [5.41, 5.74) is 1.89. The van der Waals surface area contributed by atoms with Crippen molar-refractivity contribution in [1.29, 1.82) is 0 Å². The minimum Gasteiger partial charge on any atom is -0.314 e. The highest BCUT2D eigenvalue weighted by Crippen LogP contribution is 2.18. The zero-order valence-corrected chi connectivity index (χ0v) is 11.8. The molecule has 1 aromatic carbocycles. The first-order valence-electron chi connectivity index (χ1n) is 6.19. The van der Waals surface area contributed by atoms with Crippen LogP contribution in [0.25, 0.3) is 0 Å². The second-order valence-corrected chi connectivity index (χ2v) is 6.88. The number of nitrogens with zero attached hydrogens (tertiary/aromatic N) is 1. The number of aryl methyl sites for hydroxylation is 1. The van der Waals surface area contributed by atoms with E-state index in [0.717, 1.165) is 43.9 Å². The lowest BCUT2D eigenvalue weighted by atomic mass is 10.1. The van der Waals surface area contributed by atoms with E-state index in [1.165, 1.54) is 6.26 Å². The van der Waals surface area contributed by atoms with Crippen molar-refractivity contribution in [2.45, 2.75) is 18.4 Å². The Labute approximate surface area is 109 Å². The van der Waals surface area contributed by atoms with Crippen LogP contribution < -0.4 is 5.32 Å². The molecule has 1 heterocycles. The molecule has 0 radical (unpaired) electrons. The summed E-state index contributed by atoms with van der Waals surface area (Å²) in [6, 6.07) is 5.73. The molecule has 1 saturated heterocycles. The molecule has 5 heteroatoms. The molecule has 0 spiro atoms. The second-order valence-electron chi connectivity index (χ2n) is 4.90. The van der Waals surface area contributed by atoms with Crippen LogP contribution in [0.4, 0.5) is 0 Å². The Balaban J connectivity index is 2.19. The van der Waals surface area contributed by atoms with E-state index in [9.17, 15) is 8.42 Å². The molecule has 0 atom stereocenters. The lowest BCUT2D eigenvalue weighted by molar-refractivity contribution is 0.233. The average molecular weight is 268 g/mol. The fourth-order valence-electron chi connectivity index (χ4n) is 2.27. The van der Waals surface area contributed by atoms with E-state index in [1.54, 1.807) is 0 Å². The van der Waals surface area contributed by atoms with Crippen LogP contribution >= 0.6 is 0 Å². The van der Waals surface area contributed by atoms with Crippen molar-refractivity contribution in [3.8, 4) is 0 Å². The Hall–Kier alpha value is -0.910. The van der Waals surface area contributed by atoms with Gasteiger partial charge in [-0.05, 0) is 24.1 Å². The summed E-state index contributed by atoms with van der Waals surface area (Å²) in [7, 11) is -3.13. The summed E-state index contributed by atoms with van der Waals surface area (Å²) in [6.07, 6.45) is 1.27. The number of nitrogens with one attached hydrogen (secondary N) is 1. The minimum absolute atomic E-state index is 0.454. The topological polar surface area (TPSA) is 49.4 Å². The Morgan fingerprint density at radius 3 is 2.56 bits per heavy atom. The predicted molar refractivity (Wildman–Crippen MR) is 72.4 cm³/mol. The molecule has 0 saturated carbocycles. The van der Waals surface area contributed by atoms with Crippen LogP contribution in [0.2, 0.25) is 0 Å². The molecule has 4 nitrogen and oxygen atoms in total. The van der Waals surface area contributed by atoms with Crippen LogP contribution in [0.1, 0.15) is 11.1 Å².